The van der Waals surface area contributed by atoms with Crippen molar-refractivity contribution in [3.05, 3.63) is 29.8 Å². The van der Waals surface area contributed by atoms with Crippen LogP contribution < -0.4 is 4.74 Å². The van der Waals surface area contributed by atoms with Gasteiger partial charge in [-0.2, -0.15) is 0 Å². The minimum absolute atomic E-state index is 0.700. The lowest BCUT2D eigenvalue weighted by Crippen LogP contribution is -2.00. The topological polar surface area (TPSA) is 9.23 Å². The summed E-state index contributed by atoms with van der Waals surface area (Å²) < 4.78 is 5.78. The first-order chi connectivity index (χ1) is 8.08. The SMILES string of the molecule is CC(C)CCCOc1cccc(CC(C)C)c1. The van der Waals surface area contributed by atoms with E-state index in [-0.39, 0.29) is 0 Å². The molecule has 0 atom stereocenters. The monoisotopic (exact) mass is 234 g/mol. The first-order valence-electron chi connectivity index (χ1n) is 6.79. The molecule has 0 aliphatic rings. The molecule has 0 bridgehead atoms. The highest BCUT2D eigenvalue weighted by Gasteiger charge is 2.00. The Balaban J connectivity index is 2.37. The van der Waals surface area contributed by atoms with Gasteiger partial charge in [0.25, 0.3) is 0 Å². The van der Waals surface area contributed by atoms with Crippen LogP contribution in [0.1, 0.15) is 46.1 Å². The smallest absolute Gasteiger partial charge is 0.119 e. The first-order valence-corrected chi connectivity index (χ1v) is 6.79. The largest absolute Gasteiger partial charge is 0.494 e. The Kier molecular flexibility index (Phi) is 6.10. The van der Waals surface area contributed by atoms with Crippen LogP contribution in [0.4, 0.5) is 0 Å². The molecule has 96 valence electrons. The van der Waals surface area contributed by atoms with Crippen LogP contribution in [0.15, 0.2) is 24.3 Å². The van der Waals surface area contributed by atoms with E-state index in [9.17, 15) is 0 Å². The molecule has 0 aliphatic heterocycles. The van der Waals surface area contributed by atoms with E-state index < -0.39 is 0 Å². The number of hydrogen-bond donors (Lipinski definition) is 0. The van der Waals surface area contributed by atoms with Gasteiger partial charge in [0.15, 0.2) is 0 Å². The van der Waals surface area contributed by atoms with Gasteiger partial charge >= 0.3 is 0 Å². The lowest BCUT2D eigenvalue weighted by Gasteiger charge is -2.10. The van der Waals surface area contributed by atoms with Gasteiger partial charge in [0, 0.05) is 0 Å². The summed E-state index contributed by atoms with van der Waals surface area (Å²) in [5.41, 5.74) is 1.38. The second kappa shape index (κ2) is 7.37. The van der Waals surface area contributed by atoms with E-state index in [1.54, 1.807) is 0 Å². The third-order valence-electron chi connectivity index (χ3n) is 2.74. The molecule has 0 aromatic heterocycles. The molecule has 0 N–H and O–H groups in total. The molecule has 0 unspecified atom stereocenters. The van der Waals surface area contributed by atoms with Gasteiger partial charge in [-0.3, -0.25) is 0 Å². The van der Waals surface area contributed by atoms with Crippen molar-refractivity contribution < 1.29 is 4.74 Å². The lowest BCUT2D eigenvalue weighted by molar-refractivity contribution is 0.297. The fourth-order valence-corrected chi connectivity index (χ4v) is 1.92. The summed E-state index contributed by atoms with van der Waals surface area (Å²) >= 11 is 0. The van der Waals surface area contributed by atoms with Crippen LogP contribution in [-0.4, -0.2) is 6.61 Å². The van der Waals surface area contributed by atoms with Gasteiger partial charge in [-0.15, -0.1) is 0 Å². The van der Waals surface area contributed by atoms with Gasteiger partial charge in [-0.25, -0.2) is 0 Å². The van der Waals surface area contributed by atoms with Crippen molar-refractivity contribution in [2.24, 2.45) is 11.8 Å². The molecule has 0 spiro atoms. The maximum Gasteiger partial charge on any atom is 0.119 e. The lowest BCUT2D eigenvalue weighted by atomic mass is 10.0. The van der Waals surface area contributed by atoms with E-state index in [4.69, 9.17) is 4.74 Å². The van der Waals surface area contributed by atoms with Crippen LogP contribution in [0.3, 0.4) is 0 Å². The van der Waals surface area contributed by atoms with E-state index in [0.29, 0.717) is 5.92 Å². The van der Waals surface area contributed by atoms with Crippen molar-refractivity contribution >= 4 is 0 Å². The van der Waals surface area contributed by atoms with Crippen LogP contribution >= 0.6 is 0 Å². The number of ether oxygens (including phenoxy) is 1. The average Bonchev–Trinajstić information content (AvgIpc) is 2.24. The van der Waals surface area contributed by atoms with Crippen molar-refractivity contribution in [3.63, 3.8) is 0 Å². The predicted octanol–water partition coefficient (Wildman–Crippen LogP) is 4.70. The van der Waals surface area contributed by atoms with Crippen molar-refractivity contribution in [2.75, 3.05) is 6.61 Å². The number of rotatable bonds is 7. The molecule has 0 saturated carbocycles. The second-order valence-corrected chi connectivity index (χ2v) is 5.63. The van der Waals surface area contributed by atoms with Crippen LogP contribution in [0.25, 0.3) is 0 Å². The van der Waals surface area contributed by atoms with Crippen molar-refractivity contribution in [2.45, 2.75) is 47.0 Å². The molecule has 1 nitrogen and oxygen atoms in total. The zero-order valence-electron chi connectivity index (χ0n) is 11.7. The van der Waals surface area contributed by atoms with E-state index in [1.165, 1.54) is 12.0 Å². The summed E-state index contributed by atoms with van der Waals surface area (Å²) in [6.45, 7) is 9.84. The minimum Gasteiger partial charge on any atom is -0.494 e. The number of benzene rings is 1. The van der Waals surface area contributed by atoms with E-state index in [2.05, 4.69) is 52.0 Å². The summed E-state index contributed by atoms with van der Waals surface area (Å²) in [6.07, 6.45) is 3.51. The molecule has 1 aromatic rings. The molecule has 0 fully saturated rings. The Hall–Kier alpha value is -0.980. The average molecular weight is 234 g/mol. The standard InChI is InChI=1S/C16H26O/c1-13(2)7-6-10-17-16-9-5-8-15(12-16)11-14(3)4/h5,8-9,12-14H,6-7,10-11H2,1-4H3. The molecule has 0 aliphatic carbocycles. The zero-order chi connectivity index (χ0) is 12.7. The molecule has 0 radical (unpaired) electrons. The van der Waals surface area contributed by atoms with Crippen LogP contribution in [0.5, 0.6) is 5.75 Å². The zero-order valence-corrected chi connectivity index (χ0v) is 11.7. The molecule has 0 amide bonds. The van der Waals surface area contributed by atoms with Gasteiger partial charge in [0.05, 0.1) is 6.61 Å². The van der Waals surface area contributed by atoms with Crippen molar-refractivity contribution in [1.29, 1.82) is 0 Å². The molecule has 0 saturated heterocycles. The maximum absolute atomic E-state index is 5.78. The van der Waals surface area contributed by atoms with E-state index in [0.717, 1.165) is 31.1 Å². The van der Waals surface area contributed by atoms with Gasteiger partial charge in [-0.1, -0.05) is 39.8 Å². The van der Waals surface area contributed by atoms with Crippen molar-refractivity contribution in [3.8, 4) is 5.75 Å². The molecule has 1 rings (SSSR count). The predicted molar refractivity (Wildman–Crippen MR) is 74.6 cm³/mol. The Bertz CT molecular complexity index is 315. The summed E-state index contributed by atoms with van der Waals surface area (Å²) in [4.78, 5) is 0. The van der Waals surface area contributed by atoms with E-state index >= 15 is 0 Å². The van der Waals surface area contributed by atoms with Gasteiger partial charge in [-0.05, 0) is 48.8 Å². The normalized spacial score (nSPS) is 11.2. The Morgan fingerprint density at radius 2 is 1.82 bits per heavy atom. The molecule has 0 heterocycles. The van der Waals surface area contributed by atoms with Gasteiger partial charge in [0.1, 0.15) is 5.75 Å². The quantitative estimate of drug-likeness (QED) is 0.621. The van der Waals surface area contributed by atoms with Crippen LogP contribution in [-0.2, 0) is 6.42 Å². The fraction of sp³-hybridized carbons (Fsp3) is 0.625. The third kappa shape index (κ3) is 6.35. The van der Waals surface area contributed by atoms with Crippen LogP contribution in [0, 0.1) is 11.8 Å². The van der Waals surface area contributed by atoms with Gasteiger partial charge < -0.3 is 4.74 Å². The van der Waals surface area contributed by atoms with Crippen LogP contribution in [0.2, 0.25) is 0 Å². The summed E-state index contributed by atoms with van der Waals surface area (Å²) in [6, 6.07) is 8.51. The highest BCUT2D eigenvalue weighted by atomic mass is 16.5. The minimum atomic E-state index is 0.700. The van der Waals surface area contributed by atoms with Crippen molar-refractivity contribution in [1.82, 2.24) is 0 Å². The molecular weight excluding hydrogens is 208 g/mol. The first kappa shape index (κ1) is 14.1. The molecule has 17 heavy (non-hydrogen) atoms. The Morgan fingerprint density at radius 3 is 2.47 bits per heavy atom. The molecule has 1 heteroatoms. The summed E-state index contributed by atoms with van der Waals surface area (Å²) in [5.74, 6) is 2.49. The molecule has 1 aromatic carbocycles. The highest BCUT2D eigenvalue weighted by molar-refractivity contribution is 5.28. The van der Waals surface area contributed by atoms with E-state index in [1.807, 2.05) is 0 Å². The second-order valence-electron chi connectivity index (χ2n) is 5.63. The maximum atomic E-state index is 5.78. The fourth-order valence-electron chi connectivity index (χ4n) is 1.92. The Labute approximate surface area is 106 Å². The molecular formula is C16H26O. The third-order valence-corrected chi connectivity index (χ3v) is 2.74. The number of hydrogen-bond acceptors (Lipinski definition) is 1. The van der Waals surface area contributed by atoms with Gasteiger partial charge in [0.2, 0.25) is 0 Å². The summed E-state index contributed by atoms with van der Waals surface area (Å²) in [7, 11) is 0. The highest BCUT2D eigenvalue weighted by Crippen LogP contribution is 2.17. The Morgan fingerprint density at radius 1 is 1.06 bits per heavy atom. The summed E-state index contributed by atoms with van der Waals surface area (Å²) in [5, 5.41) is 0.